The van der Waals surface area contributed by atoms with Crippen molar-refractivity contribution < 1.29 is 0 Å². The van der Waals surface area contributed by atoms with Gasteiger partial charge in [-0.25, -0.2) is 0 Å². The first-order valence-corrected chi connectivity index (χ1v) is 11.6. The van der Waals surface area contributed by atoms with E-state index >= 15 is 0 Å². The minimum atomic E-state index is 0.0702. The third-order valence-corrected chi connectivity index (χ3v) is 6.36. The molecule has 1 fully saturated rings. The summed E-state index contributed by atoms with van der Waals surface area (Å²) in [6.07, 6.45) is 5.02. The average molecular weight is 413 g/mol. The van der Waals surface area contributed by atoms with Crippen LogP contribution in [-0.4, -0.2) is 47.4 Å². The quantitative estimate of drug-likeness (QED) is 0.295. The molecule has 1 aromatic heterocycles. The second kappa shape index (κ2) is 11.7. The molecule has 0 radical (unpaired) electrons. The van der Waals surface area contributed by atoms with Crippen molar-refractivity contribution in [2.24, 2.45) is 10.9 Å². The molecule has 6 heteroatoms. The summed E-state index contributed by atoms with van der Waals surface area (Å²) in [7, 11) is 0. The van der Waals surface area contributed by atoms with Crippen LogP contribution in [-0.2, 0) is 6.54 Å². The van der Waals surface area contributed by atoms with Gasteiger partial charge in [-0.2, -0.15) is 0 Å². The van der Waals surface area contributed by atoms with Crippen molar-refractivity contribution in [2.45, 2.75) is 37.6 Å². The first kappa shape index (κ1) is 21.5. The third-order valence-electron chi connectivity index (χ3n) is 5.12. The molecule has 2 aromatic rings. The lowest BCUT2D eigenvalue weighted by Gasteiger charge is -2.21. The van der Waals surface area contributed by atoms with Crippen molar-refractivity contribution in [1.82, 2.24) is 14.8 Å². The molecule has 2 heterocycles. The van der Waals surface area contributed by atoms with Crippen LogP contribution in [0.5, 0.6) is 0 Å². The van der Waals surface area contributed by atoms with Crippen molar-refractivity contribution in [3.8, 4) is 0 Å². The average Bonchev–Trinajstić information content (AvgIpc) is 3.22. The molecule has 0 amide bonds. The predicted octanol–water partition coefficient (Wildman–Crippen LogP) is 3.71. The predicted molar refractivity (Wildman–Crippen MR) is 123 cm³/mol. The number of hydrogen-bond donors (Lipinski definition) is 1. The van der Waals surface area contributed by atoms with Crippen LogP contribution in [0.2, 0.25) is 0 Å². The SMILES string of the molecule is CCNC(=NCCCCn1ccccc1=O)N1CCC(CSc2ccccc2)C1. The smallest absolute Gasteiger partial charge is 0.250 e. The zero-order valence-electron chi connectivity index (χ0n) is 17.3. The van der Waals surface area contributed by atoms with Crippen LogP contribution in [0.25, 0.3) is 0 Å². The molecule has 1 unspecified atom stereocenters. The van der Waals surface area contributed by atoms with E-state index in [9.17, 15) is 4.79 Å². The third kappa shape index (κ3) is 6.96. The van der Waals surface area contributed by atoms with Gasteiger partial charge in [-0.15, -0.1) is 11.8 Å². The monoisotopic (exact) mass is 412 g/mol. The van der Waals surface area contributed by atoms with Crippen LogP contribution in [0.1, 0.15) is 26.2 Å². The Hall–Kier alpha value is -2.21. The van der Waals surface area contributed by atoms with Gasteiger partial charge in [0, 0.05) is 55.6 Å². The first-order chi connectivity index (χ1) is 14.3. The lowest BCUT2D eigenvalue weighted by Crippen LogP contribution is -2.40. The van der Waals surface area contributed by atoms with Gasteiger partial charge in [0.15, 0.2) is 5.96 Å². The number of aryl methyl sites for hydroxylation is 1. The van der Waals surface area contributed by atoms with Crippen LogP contribution in [0, 0.1) is 5.92 Å². The maximum Gasteiger partial charge on any atom is 0.250 e. The van der Waals surface area contributed by atoms with Crippen LogP contribution >= 0.6 is 11.8 Å². The number of hydrogen-bond acceptors (Lipinski definition) is 3. The van der Waals surface area contributed by atoms with Crippen LogP contribution < -0.4 is 10.9 Å². The molecule has 1 aliphatic rings. The zero-order chi connectivity index (χ0) is 20.3. The van der Waals surface area contributed by atoms with E-state index in [1.165, 1.54) is 11.3 Å². The van der Waals surface area contributed by atoms with E-state index in [0.29, 0.717) is 5.92 Å². The van der Waals surface area contributed by atoms with Crippen molar-refractivity contribution in [1.29, 1.82) is 0 Å². The molecule has 1 saturated heterocycles. The minimum Gasteiger partial charge on any atom is -0.357 e. The molecule has 0 aliphatic carbocycles. The van der Waals surface area contributed by atoms with Crippen LogP contribution in [0.15, 0.2) is 69.4 Å². The highest BCUT2D eigenvalue weighted by atomic mass is 32.2. The molecular weight excluding hydrogens is 380 g/mol. The summed E-state index contributed by atoms with van der Waals surface area (Å²) in [4.78, 5) is 20.3. The second-order valence-corrected chi connectivity index (χ2v) is 8.49. The Morgan fingerprint density at radius 1 is 1.17 bits per heavy atom. The number of aromatic nitrogens is 1. The Morgan fingerprint density at radius 3 is 2.79 bits per heavy atom. The van der Waals surface area contributed by atoms with E-state index in [1.807, 2.05) is 24.0 Å². The number of benzene rings is 1. The zero-order valence-corrected chi connectivity index (χ0v) is 18.1. The summed E-state index contributed by atoms with van der Waals surface area (Å²) < 4.78 is 1.77. The van der Waals surface area contributed by atoms with Gasteiger partial charge in [-0.3, -0.25) is 9.79 Å². The molecule has 1 aliphatic heterocycles. The van der Waals surface area contributed by atoms with Crippen molar-refractivity contribution in [3.05, 3.63) is 65.1 Å². The van der Waals surface area contributed by atoms with E-state index in [1.54, 1.807) is 16.7 Å². The molecule has 29 heavy (non-hydrogen) atoms. The minimum absolute atomic E-state index is 0.0702. The molecule has 3 rings (SSSR count). The molecule has 5 nitrogen and oxygen atoms in total. The van der Waals surface area contributed by atoms with Gasteiger partial charge >= 0.3 is 0 Å². The number of pyridine rings is 1. The summed E-state index contributed by atoms with van der Waals surface area (Å²) in [6, 6.07) is 16.0. The molecule has 0 spiro atoms. The van der Waals surface area contributed by atoms with Gasteiger partial charge in [-0.05, 0) is 50.3 Å². The van der Waals surface area contributed by atoms with Gasteiger partial charge in [0.05, 0.1) is 0 Å². The van der Waals surface area contributed by atoms with Crippen molar-refractivity contribution in [2.75, 3.05) is 31.9 Å². The Labute approximate surface area is 178 Å². The van der Waals surface area contributed by atoms with E-state index in [0.717, 1.165) is 57.3 Å². The molecule has 0 saturated carbocycles. The molecule has 1 N–H and O–H groups in total. The number of aliphatic imine (C=N–C) groups is 1. The van der Waals surface area contributed by atoms with E-state index in [2.05, 4.69) is 47.5 Å². The number of guanidine groups is 1. The number of likely N-dealkylation sites (tertiary alicyclic amines) is 1. The highest BCUT2D eigenvalue weighted by molar-refractivity contribution is 7.99. The van der Waals surface area contributed by atoms with Gasteiger partial charge in [0.1, 0.15) is 0 Å². The highest BCUT2D eigenvalue weighted by Gasteiger charge is 2.24. The van der Waals surface area contributed by atoms with E-state index in [-0.39, 0.29) is 5.56 Å². The fourth-order valence-electron chi connectivity index (χ4n) is 3.54. The Morgan fingerprint density at radius 2 is 2.00 bits per heavy atom. The maximum atomic E-state index is 11.7. The highest BCUT2D eigenvalue weighted by Crippen LogP contribution is 2.25. The maximum absolute atomic E-state index is 11.7. The Kier molecular flexibility index (Phi) is 8.68. The summed E-state index contributed by atoms with van der Waals surface area (Å²) in [5, 5.41) is 3.45. The fraction of sp³-hybridized carbons (Fsp3) is 0.478. The number of rotatable bonds is 9. The molecule has 1 atom stereocenters. The summed E-state index contributed by atoms with van der Waals surface area (Å²) in [6.45, 7) is 6.71. The number of nitrogens with one attached hydrogen (secondary N) is 1. The number of unbranched alkanes of at least 4 members (excludes halogenated alkanes) is 1. The van der Waals surface area contributed by atoms with Crippen molar-refractivity contribution in [3.63, 3.8) is 0 Å². The van der Waals surface area contributed by atoms with E-state index < -0.39 is 0 Å². The largest absolute Gasteiger partial charge is 0.357 e. The molecule has 0 bridgehead atoms. The summed E-state index contributed by atoms with van der Waals surface area (Å²) in [5.74, 6) is 2.90. The first-order valence-electron chi connectivity index (χ1n) is 10.6. The summed E-state index contributed by atoms with van der Waals surface area (Å²) >= 11 is 1.95. The number of nitrogens with zero attached hydrogens (tertiary/aromatic N) is 3. The molecule has 1 aromatic carbocycles. The Balaban J connectivity index is 1.42. The van der Waals surface area contributed by atoms with Gasteiger partial charge in [0.2, 0.25) is 5.56 Å². The molecular formula is C23H32N4OS. The standard InChI is InChI=1S/C23H32N4OS/c1-2-24-23(25-14-7-9-16-26-15-8-6-12-22(26)28)27-17-13-20(18-27)19-29-21-10-4-3-5-11-21/h3-6,8,10-12,15,20H,2,7,9,13-14,16-19H2,1H3,(H,24,25). The fourth-order valence-corrected chi connectivity index (χ4v) is 4.59. The molecule has 156 valence electrons. The van der Waals surface area contributed by atoms with Gasteiger partial charge in [0.25, 0.3) is 0 Å². The van der Waals surface area contributed by atoms with Crippen molar-refractivity contribution >= 4 is 17.7 Å². The topological polar surface area (TPSA) is 49.6 Å². The second-order valence-electron chi connectivity index (χ2n) is 7.40. The lowest BCUT2D eigenvalue weighted by atomic mass is 10.2. The van der Waals surface area contributed by atoms with E-state index in [4.69, 9.17) is 4.99 Å². The van der Waals surface area contributed by atoms with Gasteiger partial charge in [-0.1, -0.05) is 24.3 Å². The van der Waals surface area contributed by atoms with Gasteiger partial charge < -0.3 is 14.8 Å². The van der Waals surface area contributed by atoms with Crippen LogP contribution in [0.3, 0.4) is 0 Å². The normalized spacial score (nSPS) is 16.9. The van der Waals surface area contributed by atoms with Crippen LogP contribution in [0.4, 0.5) is 0 Å². The Bertz CT molecular complexity index is 821. The number of thioether (sulfide) groups is 1. The lowest BCUT2D eigenvalue weighted by molar-refractivity contribution is 0.473. The summed E-state index contributed by atoms with van der Waals surface area (Å²) in [5.41, 5.74) is 0.0702.